The zero-order valence-electron chi connectivity index (χ0n) is 12.5. The van der Waals surface area contributed by atoms with Gasteiger partial charge < -0.3 is 10.6 Å². The lowest BCUT2D eigenvalue weighted by atomic mass is 10.1. The fourth-order valence-corrected chi connectivity index (χ4v) is 2.12. The maximum atomic E-state index is 13.0. The molecule has 0 bridgehead atoms. The summed E-state index contributed by atoms with van der Waals surface area (Å²) in [6.07, 6.45) is 0.240. The van der Waals surface area contributed by atoms with Gasteiger partial charge in [-0.15, -0.1) is 0 Å². The number of Topliss-reactive ketones (excluding diaryl/α,β-unsaturated/α-hetero) is 1. The number of benzene rings is 2. The highest BCUT2D eigenvalue weighted by molar-refractivity contribution is 6.31. The van der Waals surface area contributed by atoms with Crippen molar-refractivity contribution in [2.75, 3.05) is 17.2 Å². The van der Waals surface area contributed by atoms with Crippen molar-refractivity contribution in [3.8, 4) is 0 Å². The first-order chi connectivity index (χ1) is 11.0. The van der Waals surface area contributed by atoms with E-state index in [1.165, 1.54) is 19.1 Å². The third kappa shape index (κ3) is 5.07. The molecule has 0 saturated carbocycles. The first-order valence-electron chi connectivity index (χ1n) is 7.05. The van der Waals surface area contributed by atoms with Crippen LogP contribution in [-0.4, -0.2) is 18.2 Å². The molecule has 2 aromatic rings. The number of hydrogen-bond acceptors (Lipinski definition) is 3. The minimum absolute atomic E-state index is 0.0231. The highest BCUT2D eigenvalue weighted by Crippen LogP contribution is 2.19. The Morgan fingerprint density at radius 3 is 2.35 bits per heavy atom. The fourth-order valence-electron chi connectivity index (χ4n) is 1.94. The van der Waals surface area contributed by atoms with Gasteiger partial charge in [0.05, 0.1) is 5.02 Å². The normalized spacial score (nSPS) is 10.2. The second kappa shape index (κ2) is 7.74. The summed E-state index contributed by atoms with van der Waals surface area (Å²) in [6, 6.07) is 11.0. The van der Waals surface area contributed by atoms with Crippen molar-refractivity contribution in [2.24, 2.45) is 0 Å². The summed E-state index contributed by atoms with van der Waals surface area (Å²) in [4.78, 5) is 23.0. The molecule has 0 saturated heterocycles. The van der Waals surface area contributed by atoms with Gasteiger partial charge in [-0.3, -0.25) is 9.59 Å². The Morgan fingerprint density at radius 2 is 1.74 bits per heavy atom. The summed E-state index contributed by atoms with van der Waals surface area (Å²) >= 11 is 5.68. The van der Waals surface area contributed by atoms with E-state index in [2.05, 4.69) is 10.6 Å². The third-order valence-electron chi connectivity index (χ3n) is 3.18. The van der Waals surface area contributed by atoms with Crippen molar-refractivity contribution in [1.82, 2.24) is 0 Å². The molecule has 2 rings (SSSR count). The smallest absolute Gasteiger partial charge is 0.226 e. The van der Waals surface area contributed by atoms with Crippen LogP contribution < -0.4 is 10.6 Å². The van der Waals surface area contributed by atoms with Gasteiger partial charge in [-0.05, 0) is 49.4 Å². The van der Waals surface area contributed by atoms with Crippen LogP contribution in [0.3, 0.4) is 0 Å². The molecule has 0 aromatic heterocycles. The van der Waals surface area contributed by atoms with E-state index < -0.39 is 5.82 Å². The van der Waals surface area contributed by atoms with Crippen molar-refractivity contribution >= 4 is 34.7 Å². The van der Waals surface area contributed by atoms with E-state index in [0.717, 1.165) is 0 Å². The minimum atomic E-state index is -0.482. The van der Waals surface area contributed by atoms with Crippen molar-refractivity contribution in [2.45, 2.75) is 13.3 Å². The highest BCUT2D eigenvalue weighted by Gasteiger charge is 2.05. The Labute approximate surface area is 138 Å². The predicted molar refractivity (Wildman–Crippen MR) is 89.6 cm³/mol. The number of rotatable bonds is 6. The van der Waals surface area contributed by atoms with Crippen molar-refractivity contribution in [3.05, 3.63) is 58.9 Å². The van der Waals surface area contributed by atoms with Gasteiger partial charge in [0.1, 0.15) is 5.82 Å². The van der Waals surface area contributed by atoms with Gasteiger partial charge in [0.25, 0.3) is 0 Å². The Balaban J connectivity index is 1.80. The molecule has 0 fully saturated rings. The molecule has 2 aromatic carbocycles. The molecule has 0 atom stereocenters. The van der Waals surface area contributed by atoms with Gasteiger partial charge in [0.2, 0.25) is 5.91 Å². The number of halogens is 2. The van der Waals surface area contributed by atoms with E-state index in [1.54, 1.807) is 30.3 Å². The van der Waals surface area contributed by atoms with Crippen molar-refractivity contribution < 1.29 is 14.0 Å². The zero-order valence-corrected chi connectivity index (χ0v) is 13.3. The average Bonchev–Trinajstić information content (AvgIpc) is 2.51. The van der Waals surface area contributed by atoms with Crippen molar-refractivity contribution in [1.29, 1.82) is 0 Å². The molecule has 4 nitrogen and oxygen atoms in total. The number of ketones is 1. The molecule has 2 N–H and O–H groups in total. The quantitative estimate of drug-likeness (QED) is 0.781. The number of nitrogens with one attached hydrogen (secondary N) is 2. The van der Waals surface area contributed by atoms with Gasteiger partial charge in [0.15, 0.2) is 5.78 Å². The average molecular weight is 335 g/mol. The molecular weight excluding hydrogens is 319 g/mol. The molecule has 0 unspecified atom stereocenters. The summed E-state index contributed by atoms with van der Waals surface area (Å²) < 4.78 is 13.0. The van der Waals surface area contributed by atoms with E-state index in [4.69, 9.17) is 11.6 Å². The highest BCUT2D eigenvalue weighted by atomic mass is 35.5. The second-order valence-electron chi connectivity index (χ2n) is 4.99. The molecule has 0 spiro atoms. The number of amides is 1. The predicted octanol–water partition coefficient (Wildman–Crippen LogP) is 4.12. The van der Waals surface area contributed by atoms with Gasteiger partial charge in [-0.1, -0.05) is 11.6 Å². The van der Waals surface area contributed by atoms with Crippen LogP contribution in [0.5, 0.6) is 0 Å². The monoisotopic (exact) mass is 334 g/mol. The number of carbonyl (C=O) groups is 2. The van der Waals surface area contributed by atoms with Crippen LogP contribution in [0, 0.1) is 5.82 Å². The molecule has 0 aliphatic carbocycles. The van der Waals surface area contributed by atoms with Crippen molar-refractivity contribution in [3.63, 3.8) is 0 Å². The maximum absolute atomic E-state index is 13.0. The summed E-state index contributed by atoms with van der Waals surface area (Å²) in [7, 11) is 0. The van der Waals surface area contributed by atoms with E-state index in [9.17, 15) is 14.0 Å². The lowest BCUT2D eigenvalue weighted by Crippen LogP contribution is -2.16. The summed E-state index contributed by atoms with van der Waals surface area (Å²) in [5.74, 6) is -0.671. The number of hydrogen-bond donors (Lipinski definition) is 2. The Bertz CT molecular complexity index is 717. The first kappa shape index (κ1) is 17.0. The number of anilines is 2. The van der Waals surface area contributed by atoms with Crippen LogP contribution in [0.15, 0.2) is 42.5 Å². The van der Waals surface area contributed by atoms with Crippen LogP contribution in [0.25, 0.3) is 0 Å². The van der Waals surface area contributed by atoms with Crippen LogP contribution >= 0.6 is 11.6 Å². The Morgan fingerprint density at radius 1 is 1.09 bits per heavy atom. The largest absolute Gasteiger partial charge is 0.384 e. The van der Waals surface area contributed by atoms with E-state index in [1.807, 2.05) is 0 Å². The van der Waals surface area contributed by atoms with Gasteiger partial charge in [-0.25, -0.2) is 4.39 Å². The Hall–Kier alpha value is -2.40. The third-order valence-corrected chi connectivity index (χ3v) is 3.47. The van der Waals surface area contributed by atoms with E-state index in [0.29, 0.717) is 23.5 Å². The van der Waals surface area contributed by atoms with Crippen LogP contribution in [-0.2, 0) is 4.79 Å². The maximum Gasteiger partial charge on any atom is 0.226 e. The standard InChI is InChI=1S/C17H16ClFN2O2/c1-11(22)12-2-4-13(5-3-12)21-17(23)8-9-20-14-6-7-16(19)15(18)10-14/h2-7,10,20H,8-9H2,1H3,(H,21,23). The summed E-state index contributed by atoms with van der Waals surface area (Å²) in [5, 5.41) is 5.77. The zero-order chi connectivity index (χ0) is 16.8. The van der Waals surface area contributed by atoms with Gasteiger partial charge >= 0.3 is 0 Å². The molecule has 6 heteroatoms. The lowest BCUT2D eigenvalue weighted by molar-refractivity contribution is -0.115. The fraction of sp³-hybridized carbons (Fsp3) is 0.176. The van der Waals surface area contributed by atoms with E-state index in [-0.39, 0.29) is 23.1 Å². The summed E-state index contributed by atoms with van der Waals surface area (Å²) in [6.45, 7) is 1.88. The molecular formula is C17H16ClFN2O2. The van der Waals surface area contributed by atoms with Crippen LogP contribution in [0.4, 0.5) is 15.8 Å². The van der Waals surface area contributed by atoms with E-state index >= 15 is 0 Å². The first-order valence-corrected chi connectivity index (χ1v) is 7.43. The van der Waals surface area contributed by atoms with Crippen LogP contribution in [0.2, 0.25) is 5.02 Å². The SMILES string of the molecule is CC(=O)c1ccc(NC(=O)CCNc2ccc(F)c(Cl)c2)cc1. The molecule has 0 aliphatic heterocycles. The lowest BCUT2D eigenvalue weighted by Gasteiger charge is -2.08. The minimum Gasteiger partial charge on any atom is -0.384 e. The molecule has 0 heterocycles. The molecule has 120 valence electrons. The second-order valence-corrected chi connectivity index (χ2v) is 5.39. The molecule has 0 aliphatic rings. The summed E-state index contributed by atoms with van der Waals surface area (Å²) in [5.41, 5.74) is 1.87. The Kier molecular flexibility index (Phi) is 5.71. The molecule has 23 heavy (non-hydrogen) atoms. The number of carbonyl (C=O) groups excluding carboxylic acids is 2. The van der Waals surface area contributed by atoms with Gasteiger partial charge in [0, 0.05) is 29.9 Å². The topological polar surface area (TPSA) is 58.2 Å². The molecule has 0 radical (unpaired) electrons. The van der Waals surface area contributed by atoms with Crippen LogP contribution in [0.1, 0.15) is 23.7 Å². The van der Waals surface area contributed by atoms with Gasteiger partial charge in [-0.2, -0.15) is 0 Å². The molecule has 1 amide bonds.